The molecule has 0 radical (unpaired) electrons. The van der Waals surface area contributed by atoms with Crippen LogP contribution >= 0.6 is 0 Å². The van der Waals surface area contributed by atoms with Crippen LogP contribution in [0.5, 0.6) is 11.5 Å². The van der Waals surface area contributed by atoms with Crippen molar-refractivity contribution in [2.75, 3.05) is 14.2 Å². The quantitative estimate of drug-likeness (QED) is 0.568. The fourth-order valence-corrected chi connectivity index (χ4v) is 3.62. The van der Waals surface area contributed by atoms with Crippen molar-refractivity contribution in [3.05, 3.63) is 41.2 Å². The summed E-state index contributed by atoms with van der Waals surface area (Å²) in [5, 5.41) is 0.305. The smallest absolute Gasteiger partial charge is 0.497 e. The third-order valence-corrected chi connectivity index (χ3v) is 4.96. The fraction of sp³-hybridized carbons (Fsp3) is 0.294. The molecule has 2 heterocycles. The number of methoxy groups -OCH3 is 2. The Morgan fingerprint density at radius 2 is 1.96 bits per heavy atom. The maximum atomic E-state index is 12.6. The predicted molar refractivity (Wildman–Crippen MR) is 92.0 cm³/mol. The molecule has 0 saturated heterocycles. The van der Waals surface area contributed by atoms with Gasteiger partial charge in [0.25, 0.3) is 0 Å². The van der Waals surface area contributed by atoms with Gasteiger partial charge in [0.05, 0.1) is 36.5 Å². The molecule has 0 N–H and O–H groups in total. The molecule has 3 aromatic rings. The molecule has 2 aromatic heterocycles. The normalized spacial score (nSPS) is 11.8. The Balaban J connectivity index is 0.00000225. The van der Waals surface area contributed by atoms with Gasteiger partial charge >= 0.3 is 29.6 Å². The second kappa shape index (κ2) is 8.31. The Hall–Kier alpha value is -1.41. The van der Waals surface area contributed by atoms with Crippen molar-refractivity contribution >= 4 is 21.8 Å². The van der Waals surface area contributed by atoms with Gasteiger partial charge in [0.15, 0.2) is 0 Å². The van der Waals surface area contributed by atoms with Gasteiger partial charge in [-0.3, -0.25) is 9.19 Å². The zero-order chi connectivity index (χ0) is 17.3. The van der Waals surface area contributed by atoms with E-state index in [0.717, 1.165) is 22.6 Å². The summed E-state index contributed by atoms with van der Waals surface area (Å²) in [6, 6.07) is 5.39. The van der Waals surface area contributed by atoms with Gasteiger partial charge in [-0.25, -0.2) is 0 Å². The molecule has 0 amide bonds. The van der Waals surface area contributed by atoms with Crippen molar-refractivity contribution in [1.82, 2.24) is 15.0 Å². The maximum Gasteiger partial charge on any atom is 1.00 e. The molecule has 0 aliphatic carbocycles. The van der Waals surface area contributed by atoms with Gasteiger partial charge in [-0.2, -0.15) is 0 Å². The van der Waals surface area contributed by atoms with Crippen LogP contribution in [0.3, 0.4) is 0 Å². The molecule has 0 aliphatic rings. The van der Waals surface area contributed by atoms with E-state index in [4.69, 9.17) is 9.47 Å². The van der Waals surface area contributed by atoms with Crippen molar-refractivity contribution in [1.29, 1.82) is 0 Å². The van der Waals surface area contributed by atoms with Crippen molar-refractivity contribution in [2.24, 2.45) is 0 Å². The molecule has 1 atom stereocenters. The topological polar surface area (TPSA) is 75.4 Å². The van der Waals surface area contributed by atoms with Gasteiger partial charge in [-0.05, 0) is 37.0 Å². The Bertz CT molecular complexity index is 927. The molecule has 1 aromatic carbocycles. The predicted octanol–water partition coefficient (Wildman–Crippen LogP) is -0.467. The molecular weight excluding hydrogens is 349 g/mol. The first-order chi connectivity index (χ1) is 11.5. The number of nitrogens with zero attached hydrogens (tertiary/aromatic N) is 3. The number of hydrogen-bond acceptors (Lipinski definition) is 5. The maximum absolute atomic E-state index is 12.6. The Morgan fingerprint density at radius 3 is 2.64 bits per heavy atom. The number of imidazole rings is 1. The number of ether oxygens (including phenoxy) is 2. The van der Waals surface area contributed by atoms with Crippen molar-refractivity contribution in [2.45, 2.75) is 24.8 Å². The molecule has 0 fully saturated rings. The van der Waals surface area contributed by atoms with Gasteiger partial charge in [-0.15, -0.1) is 0 Å². The van der Waals surface area contributed by atoms with Crippen LogP contribution in [0.4, 0.5) is 0 Å². The molecule has 0 aliphatic heterocycles. The van der Waals surface area contributed by atoms with E-state index in [0.29, 0.717) is 21.9 Å². The first-order valence-corrected chi connectivity index (χ1v) is 8.71. The third-order valence-electron chi connectivity index (χ3n) is 3.84. The van der Waals surface area contributed by atoms with Crippen LogP contribution in [-0.2, 0) is 16.6 Å². The van der Waals surface area contributed by atoms with E-state index in [2.05, 4.69) is 15.0 Å². The third kappa shape index (κ3) is 4.06. The number of benzene rings is 1. The second-order valence-electron chi connectivity index (χ2n) is 5.40. The van der Waals surface area contributed by atoms with E-state index in [1.807, 2.05) is 13.8 Å². The minimum absolute atomic E-state index is 0. The average molecular weight is 367 g/mol. The summed E-state index contributed by atoms with van der Waals surface area (Å²) in [7, 11) is 1.83. The Labute approximate surface area is 171 Å². The van der Waals surface area contributed by atoms with Gasteiger partial charge in [0.1, 0.15) is 11.5 Å². The monoisotopic (exact) mass is 367 g/mol. The van der Waals surface area contributed by atoms with Crippen LogP contribution in [0, 0.1) is 13.8 Å². The molecule has 6 nitrogen and oxygen atoms in total. The number of fused-ring (bicyclic) bond motifs is 1. The first kappa shape index (κ1) is 19.9. The van der Waals surface area contributed by atoms with Crippen molar-refractivity contribution in [3.63, 3.8) is 0 Å². The van der Waals surface area contributed by atoms with Crippen molar-refractivity contribution < 1.29 is 43.2 Å². The average Bonchev–Trinajstić information content (AvgIpc) is 3.01. The van der Waals surface area contributed by atoms with Crippen LogP contribution in [0.2, 0.25) is 0 Å². The van der Waals surface area contributed by atoms with Crippen LogP contribution in [0.1, 0.15) is 16.8 Å². The first-order valence-electron chi connectivity index (χ1n) is 7.39. The van der Waals surface area contributed by atoms with Crippen LogP contribution in [0.25, 0.3) is 11.0 Å². The number of hydrogen-bond donors (Lipinski definition) is 0. The summed E-state index contributed by atoms with van der Waals surface area (Å²) in [6.45, 7) is 3.85. The minimum Gasteiger partial charge on any atom is -0.497 e. The summed E-state index contributed by atoms with van der Waals surface area (Å²) in [5.41, 5.74) is 3.94. The number of aryl methyl sites for hydroxylation is 1. The number of aromatic nitrogens is 3. The van der Waals surface area contributed by atoms with E-state index >= 15 is 0 Å². The summed E-state index contributed by atoms with van der Waals surface area (Å²) in [6.07, 6.45) is 1.73. The molecule has 3 rings (SSSR count). The molecule has 0 bridgehead atoms. The molecule has 0 saturated carbocycles. The SMILES string of the molecule is COc1ccc2nc([S@](=O)Cc3ncc(C)c(OC)c3C)[n-]c2c1.[Na+]. The summed E-state index contributed by atoms with van der Waals surface area (Å²) in [5.74, 6) is 1.71. The zero-order valence-electron chi connectivity index (χ0n) is 15.0. The van der Waals surface area contributed by atoms with Crippen LogP contribution in [-0.4, -0.2) is 28.4 Å². The fourth-order valence-electron chi connectivity index (χ4n) is 2.55. The molecular formula is C17H18N3NaO3S. The van der Waals surface area contributed by atoms with Gasteiger partial charge in [0.2, 0.25) is 0 Å². The Kier molecular flexibility index (Phi) is 6.62. The summed E-state index contributed by atoms with van der Waals surface area (Å²) < 4.78 is 23.2. The van der Waals surface area contributed by atoms with E-state index in [-0.39, 0.29) is 35.3 Å². The van der Waals surface area contributed by atoms with Gasteiger partial charge < -0.3 is 19.4 Å². The van der Waals surface area contributed by atoms with E-state index in [1.54, 1.807) is 38.6 Å². The molecule has 0 unspecified atom stereocenters. The molecule has 126 valence electrons. The minimum atomic E-state index is -1.38. The van der Waals surface area contributed by atoms with Crippen LogP contribution < -0.4 is 44.0 Å². The van der Waals surface area contributed by atoms with E-state index in [9.17, 15) is 4.21 Å². The molecule has 0 spiro atoms. The number of pyridine rings is 1. The zero-order valence-corrected chi connectivity index (χ0v) is 17.8. The summed E-state index contributed by atoms with van der Waals surface area (Å²) in [4.78, 5) is 13.1. The van der Waals surface area contributed by atoms with Crippen molar-refractivity contribution in [3.8, 4) is 11.5 Å². The van der Waals surface area contributed by atoms with Crippen LogP contribution in [0.15, 0.2) is 29.6 Å². The van der Waals surface area contributed by atoms with Gasteiger partial charge in [-0.1, -0.05) is 6.07 Å². The molecule has 8 heteroatoms. The van der Waals surface area contributed by atoms with E-state index < -0.39 is 10.8 Å². The van der Waals surface area contributed by atoms with E-state index in [1.165, 1.54) is 0 Å². The van der Waals surface area contributed by atoms with Gasteiger partial charge in [0, 0.05) is 22.5 Å². The standard InChI is InChI=1S/C17H18N3O3S.Na/c1-10-8-18-15(11(2)16(10)23-4)9-24(21)17-19-13-6-5-12(22-3)7-14(13)20-17;/h5-8H,9H2,1-4H3;/q-1;+1/t24-;/m1./s1. The largest absolute Gasteiger partial charge is 1.00 e. The second-order valence-corrected chi connectivity index (χ2v) is 6.74. The summed E-state index contributed by atoms with van der Waals surface area (Å²) >= 11 is 0. The Morgan fingerprint density at radius 1 is 1.20 bits per heavy atom. The number of rotatable bonds is 5. The molecule has 25 heavy (non-hydrogen) atoms.